The van der Waals surface area contributed by atoms with Gasteiger partial charge in [0.05, 0.1) is 24.8 Å². The number of aryl methyl sites for hydroxylation is 2. The molecule has 0 aromatic heterocycles. The molecule has 8 heteroatoms. The highest BCUT2D eigenvalue weighted by molar-refractivity contribution is 7.92. The first-order chi connectivity index (χ1) is 15.8. The molecule has 0 fully saturated rings. The van der Waals surface area contributed by atoms with E-state index in [0.717, 1.165) is 15.4 Å². The van der Waals surface area contributed by atoms with Crippen molar-refractivity contribution in [3.8, 4) is 11.5 Å². The number of sulfonamides is 1. The quantitative estimate of drug-likeness (QED) is 0.503. The van der Waals surface area contributed by atoms with Crippen LogP contribution in [0.15, 0.2) is 71.6 Å². The summed E-state index contributed by atoms with van der Waals surface area (Å²) < 4.78 is 38.8. The number of nitrogens with zero attached hydrogens (tertiary/aromatic N) is 1. The lowest BCUT2D eigenvalue weighted by Gasteiger charge is -2.26. The molecule has 7 nitrogen and oxygen atoms in total. The molecule has 3 rings (SSSR count). The highest BCUT2D eigenvalue weighted by Gasteiger charge is 2.28. The summed E-state index contributed by atoms with van der Waals surface area (Å²) in [5, 5.41) is 2.76. The Morgan fingerprint density at radius 1 is 0.939 bits per heavy atom. The monoisotopic (exact) mass is 468 g/mol. The molecule has 1 amide bonds. The summed E-state index contributed by atoms with van der Waals surface area (Å²) in [6.07, 6.45) is 0.618. The molecule has 0 saturated carbocycles. The topological polar surface area (TPSA) is 84.9 Å². The average Bonchev–Trinajstić information content (AvgIpc) is 2.82. The van der Waals surface area contributed by atoms with Crippen LogP contribution in [0, 0.1) is 6.92 Å². The maximum Gasteiger partial charge on any atom is 0.264 e. The Kier molecular flexibility index (Phi) is 7.60. The Bertz CT molecular complexity index is 1220. The molecular formula is C25H28N2O5S. The van der Waals surface area contributed by atoms with Gasteiger partial charge in [-0.1, -0.05) is 42.8 Å². The molecule has 0 spiro atoms. The maximum atomic E-state index is 13.6. The van der Waals surface area contributed by atoms with E-state index >= 15 is 0 Å². The van der Waals surface area contributed by atoms with E-state index in [2.05, 4.69) is 5.32 Å². The highest BCUT2D eigenvalue weighted by atomic mass is 32.2. The molecule has 0 bridgehead atoms. The van der Waals surface area contributed by atoms with Gasteiger partial charge in [0.1, 0.15) is 6.54 Å². The SMILES string of the molecule is CCc1ccccc1N(CC(=O)Nc1ccc(OC)c(OC)c1)S(=O)(=O)c1ccc(C)cc1. The lowest BCUT2D eigenvalue weighted by Crippen LogP contribution is -2.38. The fourth-order valence-corrected chi connectivity index (χ4v) is 4.89. The van der Waals surface area contributed by atoms with Gasteiger partial charge in [-0.05, 0) is 49.2 Å². The van der Waals surface area contributed by atoms with Crippen molar-refractivity contribution in [3.05, 3.63) is 77.9 Å². The minimum Gasteiger partial charge on any atom is -0.493 e. The van der Waals surface area contributed by atoms with Gasteiger partial charge in [0, 0.05) is 11.8 Å². The van der Waals surface area contributed by atoms with Crippen LogP contribution in [0.25, 0.3) is 0 Å². The number of carbonyl (C=O) groups is 1. The number of para-hydroxylation sites is 1. The summed E-state index contributed by atoms with van der Waals surface area (Å²) in [6, 6.07) is 18.7. The van der Waals surface area contributed by atoms with Gasteiger partial charge in [0.2, 0.25) is 5.91 Å². The first-order valence-electron chi connectivity index (χ1n) is 10.5. The van der Waals surface area contributed by atoms with E-state index in [1.54, 1.807) is 54.6 Å². The van der Waals surface area contributed by atoms with Crippen LogP contribution in [0.1, 0.15) is 18.1 Å². The standard InChI is InChI=1S/C25H28N2O5S/c1-5-19-8-6-7-9-22(19)27(33(29,30)21-13-10-18(2)11-14-21)17-25(28)26-20-12-15-23(31-3)24(16-20)32-4/h6-16H,5,17H2,1-4H3,(H,26,28). The third kappa shape index (κ3) is 5.46. The number of methoxy groups -OCH3 is 2. The van der Waals surface area contributed by atoms with Crippen LogP contribution in [-0.4, -0.2) is 35.1 Å². The van der Waals surface area contributed by atoms with Crippen molar-refractivity contribution in [1.29, 1.82) is 0 Å². The zero-order valence-corrected chi connectivity index (χ0v) is 20.0. The molecule has 174 valence electrons. The van der Waals surface area contributed by atoms with Crippen molar-refractivity contribution in [2.24, 2.45) is 0 Å². The van der Waals surface area contributed by atoms with Crippen molar-refractivity contribution in [2.45, 2.75) is 25.2 Å². The lowest BCUT2D eigenvalue weighted by molar-refractivity contribution is -0.114. The predicted molar refractivity (Wildman–Crippen MR) is 130 cm³/mol. The van der Waals surface area contributed by atoms with Crippen molar-refractivity contribution < 1.29 is 22.7 Å². The van der Waals surface area contributed by atoms with Crippen LogP contribution in [0.3, 0.4) is 0 Å². The van der Waals surface area contributed by atoms with E-state index in [-0.39, 0.29) is 11.4 Å². The van der Waals surface area contributed by atoms with Crippen molar-refractivity contribution >= 4 is 27.3 Å². The molecular weight excluding hydrogens is 440 g/mol. The summed E-state index contributed by atoms with van der Waals surface area (Å²) in [5.41, 5.74) is 2.71. The fraction of sp³-hybridized carbons (Fsp3) is 0.240. The van der Waals surface area contributed by atoms with Crippen molar-refractivity contribution in [2.75, 3.05) is 30.4 Å². The Morgan fingerprint density at radius 3 is 2.24 bits per heavy atom. The van der Waals surface area contributed by atoms with Gasteiger partial charge in [-0.25, -0.2) is 8.42 Å². The van der Waals surface area contributed by atoms with Gasteiger partial charge in [0.25, 0.3) is 10.0 Å². The number of benzene rings is 3. The molecule has 0 aliphatic carbocycles. The van der Waals surface area contributed by atoms with E-state index in [4.69, 9.17) is 9.47 Å². The minimum atomic E-state index is -3.99. The molecule has 0 atom stereocenters. The smallest absolute Gasteiger partial charge is 0.264 e. The summed E-state index contributed by atoms with van der Waals surface area (Å²) in [6.45, 7) is 3.44. The number of nitrogens with one attached hydrogen (secondary N) is 1. The second-order valence-electron chi connectivity index (χ2n) is 7.42. The molecule has 3 aromatic carbocycles. The van der Waals surface area contributed by atoms with Gasteiger partial charge in [-0.2, -0.15) is 0 Å². The lowest BCUT2D eigenvalue weighted by atomic mass is 10.1. The highest BCUT2D eigenvalue weighted by Crippen LogP contribution is 2.31. The predicted octanol–water partition coefficient (Wildman–Crippen LogP) is 4.41. The molecule has 0 aliphatic rings. The fourth-order valence-electron chi connectivity index (χ4n) is 3.44. The molecule has 1 N–H and O–H groups in total. The van der Waals surface area contributed by atoms with Gasteiger partial charge >= 0.3 is 0 Å². The van der Waals surface area contributed by atoms with E-state index in [1.165, 1.54) is 14.2 Å². The molecule has 0 aliphatic heterocycles. The molecule has 0 heterocycles. The third-order valence-corrected chi connectivity index (χ3v) is 6.98. The van der Waals surface area contributed by atoms with Crippen LogP contribution in [-0.2, 0) is 21.2 Å². The number of hydrogen-bond donors (Lipinski definition) is 1. The van der Waals surface area contributed by atoms with Crippen LogP contribution in [0.2, 0.25) is 0 Å². The summed E-state index contributed by atoms with van der Waals surface area (Å²) >= 11 is 0. The number of hydrogen-bond acceptors (Lipinski definition) is 5. The summed E-state index contributed by atoms with van der Waals surface area (Å²) in [5.74, 6) is 0.496. The van der Waals surface area contributed by atoms with E-state index in [0.29, 0.717) is 29.3 Å². The zero-order valence-electron chi connectivity index (χ0n) is 19.2. The maximum absolute atomic E-state index is 13.6. The number of anilines is 2. The molecule has 0 saturated heterocycles. The second kappa shape index (κ2) is 10.4. The van der Waals surface area contributed by atoms with Gasteiger partial charge < -0.3 is 14.8 Å². The van der Waals surface area contributed by atoms with E-state index < -0.39 is 15.9 Å². The van der Waals surface area contributed by atoms with Crippen LogP contribution in [0.5, 0.6) is 11.5 Å². The first-order valence-corrected chi connectivity index (χ1v) is 11.9. The second-order valence-corrected chi connectivity index (χ2v) is 9.29. The number of carbonyl (C=O) groups excluding carboxylic acids is 1. The van der Waals surface area contributed by atoms with E-state index in [9.17, 15) is 13.2 Å². The molecule has 33 heavy (non-hydrogen) atoms. The van der Waals surface area contributed by atoms with E-state index in [1.807, 2.05) is 26.0 Å². The van der Waals surface area contributed by atoms with Crippen LogP contribution < -0.4 is 19.1 Å². The number of amides is 1. The minimum absolute atomic E-state index is 0.123. The molecule has 0 unspecified atom stereocenters. The Balaban J connectivity index is 1.96. The Morgan fingerprint density at radius 2 is 1.61 bits per heavy atom. The van der Waals surface area contributed by atoms with Gasteiger partial charge in [-0.3, -0.25) is 9.10 Å². The van der Waals surface area contributed by atoms with Crippen LogP contribution >= 0.6 is 0 Å². The zero-order chi connectivity index (χ0) is 24.0. The van der Waals surface area contributed by atoms with Gasteiger partial charge in [0.15, 0.2) is 11.5 Å². The summed E-state index contributed by atoms with van der Waals surface area (Å²) in [7, 11) is -0.963. The average molecular weight is 469 g/mol. The molecule has 0 radical (unpaired) electrons. The first kappa shape index (κ1) is 24.1. The van der Waals surface area contributed by atoms with Crippen molar-refractivity contribution in [3.63, 3.8) is 0 Å². The van der Waals surface area contributed by atoms with Gasteiger partial charge in [-0.15, -0.1) is 0 Å². The normalized spacial score (nSPS) is 11.0. The number of rotatable bonds is 9. The molecule has 3 aromatic rings. The number of ether oxygens (including phenoxy) is 2. The Hall–Kier alpha value is -3.52. The van der Waals surface area contributed by atoms with Crippen LogP contribution in [0.4, 0.5) is 11.4 Å². The third-order valence-electron chi connectivity index (χ3n) is 5.20. The largest absolute Gasteiger partial charge is 0.493 e. The summed E-state index contributed by atoms with van der Waals surface area (Å²) in [4.78, 5) is 13.1. The van der Waals surface area contributed by atoms with Crippen molar-refractivity contribution in [1.82, 2.24) is 0 Å². The Labute approximate surface area is 195 Å².